The molecular formula is C21H26N2O4S. The van der Waals surface area contributed by atoms with E-state index in [4.69, 9.17) is 9.47 Å². The third kappa shape index (κ3) is 3.94. The molecule has 2 heterocycles. The van der Waals surface area contributed by atoms with Gasteiger partial charge in [0.15, 0.2) is 5.17 Å². The van der Waals surface area contributed by atoms with E-state index in [0.29, 0.717) is 23.0 Å². The van der Waals surface area contributed by atoms with Crippen molar-refractivity contribution in [2.24, 2.45) is 4.99 Å². The second kappa shape index (κ2) is 8.82. The van der Waals surface area contributed by atoms with Crippen molar-refractivity contribution in [1.82, 2.24) is 4.90 Å². The molecule has 2 aliphatic rings. The normalized spacial score (nSPS) is 21.5. The van der Waals surface area contributed by atoms with Gasteiger partial charge in [0.05, 0.1) is 36.3 Å². The highest BCUT2D eigenvalue weighted by atomic mass is 32.2. The monoisotopic (exact) mass is 402 g/mol. The van der Waals surface area contributed by atoms with Gasteiger partial charge in [0.2, 0.25) is 5.91 Å². The van der Waals surface area contributed by atoms with Crippen LogP contribution < -0.4 is 4.74 Å². The summed E-state index contributed by atoms with van der Waals surface area (Å²) in [5, 5.41) is 0.403. The van der Waals surface area contributed by atoms with Gasteiger partial charge in [-0.2, -0.15) is 0 Å². The zero-order chi connectivity index (χ0) is 20.3. The molecule has 1 aromatic carbocycles. The molecule has 6 nitrogen and oxygen atoms in total. The number of carbonyl (C=O) groups is 2. The van der Waals surface area contributed by atoms with Gasteiger partial charge in [-0.3, -0.25) is 9.69 Å². The van der Waals surface area contributed by atoms with E-state index in [-0.39, 0.29) is 11.2 Å². The van der Waals surface area contributed by atoms with Gasteiger partial charge in [-0.1, -0.05) is 43.7 Å². The van der Waals surface area contributed by atoms with Crippen LogP contribution >= 0.6 is 11.8 Å². The van der Waals surface area contributed by atoms with Gasteiger partial charge in [-0.25, -0.2) is 9.79 Å². The number of amides is 1. The number of thioether (sulfide) groups is 1. The van der Waals surface area contributed by atoms with Crippen LogP contribution in [0.15, 0.2) is 40.5 Å². The Morgan fingerprint density at radius 3 is 2.61 bits per heavy atom. The number of unbranched alkanes of at least 4 members (excludes halogenated alkanes) is 2. The van der Waals surface area contributed by atoms with Crippen molar-refractivity contribution in [2.75, 3.05) is 13.7 Å². The number of esters is 1. The Bertz CT molecular complexity index is 816. The zero-order valence-electron chi connectivity index (χ0n) is 16.7. The molecule has 150 valence electrons. The van der Waals surface area contributed by atoms with Gasteiger partial charge in [0.1, 0.15) is 5.75 Å². The van der Waals surface area contributed by atoms with Crippen molar-refractivity contribution < 1.29 is 19.1 Å². The number of allylic oxidation sites excluding steroid dienone is 1. The van der Waals surface area contributed by atoms with E-state index >= 15 is 0 Å². The molecule has 0 saturated carbocycles. The summed E-state index contributed by atoms with van der Waals surface area (Å²) in [5.41, 5.74) is 1.81. The molecule has 1 amide bonds. The Hall–Kier alpha value is -2.28. The molecule has 0 N–H and O–H groups in total. The summed E-state index contributed by atoms with van der Waals surface area (Å²) in [6, 6.07) is 7.03. The minimum Gasteiger partial charge on any atom is -0.494 e. The van der Waals surface area contributed by atoms with E-state index < -0.39 is 12.0 Å². The highest BCUT2D eigenvalue weighted by Gasteiger charge is 2.46. The maximum atomic E-state index is 12.8. The molecule has 1 aromatic rings. The Morgan fingerprint density at radius 2 is 1.96 bits per heavy atom. The number of hydrogen-bond acceptors (Lipinski definition) is 6. The van der Waals surface area contributed by atoms with Crippen LogP contribution in [0.2, 0.25) is 0 Å². The van der Waals surface area contributed by atoms with E-state index in [9.17, 15) is 9.59 Å². The number of carbonyl (C=O) groups excluding carboxylic acids is 2. The third-order valence-electron chi connectivity index (χ3n) is 4.88. The van der Waals surface area contributed by atoms with E-state index in [1.54, 1.807) is 11.8 Å². The Morgan fingerprint density at radius 1 is 1.25 bits per heavy atom. The summed E-state index contributed by atoms with van der Waals surface area (Å²) < 4.78 is 10.8. The van der Waals surface area contributed by atoms with Crippen molar-refractivity contribution >= 4 is 28.8 Å². The number of methoxy groups -OCH3 is 1. The third-order valence-corrected chi connectivity index (χ3v) is 5.93. The predicted octanol–water partition coefficient (Wildman–Crippen LogP) is 4.08. The number of rotatable bonds is 7. The van der Waals surface area contributed by atoms with Crippen LogP contribution in [0.1, 0.15) is 51.6 Å². The fraction of sp³-hybridized carbons (Fsp3) is 0.476. The SMILES string of the molecule is CCCCCOc1ccc([C@@H]2C(C(=O)OC)=C(C)N=C3S[C@H](C)C(=O)N32)cc1. The van der Waals surface area contributed by atoms with Gasteiger partial charge in [-0.15, -0.1) is 0 Å². The van der Waals surface area contributed by atoms with E-state index in [1.165, 1.54) is 18.9 Å². The summed E-state index contributed by atoms with van der Waals surface area (Å²) in [7, 11) is 1.34. The van der Waals surface area contributed by atoms with Crippen LogP contribution in [0.25, 0.3) is 0 Å². The van der Waals surface area contributed by atoms with Crippen molar-refractivity contribution in [3.05, 3.63) is 41.1 Å². The lowest BCUT2D eigenvalue weighted by molar-refractivity contribution is -0.137. The molecule has 0 aromatic heterocycles. The largest absolute Gasteiger partial charge is 0.494 e. The molecule has 1 fully saturated rings. The molecule has 28 heavy (non-hydrogen) atoms. The van der Waals surface area contributed by atoms with E-state index in [1.807, 2.05) is 31.2 Å². The predicted molar refractivity (Wildman–Crippen MR) is 110 cm³/mol. The topological polar surface area (TPSA) is 68.2 Å². The molecule has 1 saturated heterocycles. The summed E-state index contributed by atoms with van der Waals surface area (Å²) in [6.07, 6.45) is 3.31. The molecule has 0 spiro atoms. The summed E-state index contributed by atoms with van der Waals surface area (Å²) in [4.78, 5) is 31.4. The van der Waals surface area contributed by atoms with Crippen LogP contribution in [0, 0.1) is 0 Å². The number of aliphatic imine (C=N–C) groups is 1. The van der Waals surface area contributed by atoms with Crippen LogP contribution in [-0.4, -0.2) is 40.9 Å². The van der Waals surface area contributed by atoms with E-state index in [2.05, 4.69) is 11.9 Å². The molecule has 0 unspecified atom stereocenters. The summed E-state index contributed by atoms with van der Waals surface area (Å²) in [5.74, 6) is 0.255. The quantitative estimate of drug-likeness (QED) is 0.508. The first-order valence-electron chi connectivity index (χ1n) is 9.58. The Labute approximate surface area is 170 Å². The number of benzene rings is 1. The lowest BCUT2D eigenvalue weighted by atomic mass is 9.94. The standard InChI is InChI=1S/C21H26N2O4S/c1-5-6-7-12-27-16-10-8-15(9-11-16)18-17(20(25)26-4)13(2)22-21-23(18)19(24)14(3)28-21/h8-11,14,18H,5-7,12H2,1-4H3/t14-,18-/m1/s1. The van der Waals surface area contributed by atoms with Crippen LogP contribution in [-0.2, 0) is 14.3 Å². The van der Waals surface area contributed by atoms with Crippen molar-refractivity contribution in [3.63, 3.8) is 0 Å². The first-order chi connectivity index (χ1) is 13.5. The number of nitrogens with zero attached hydrogens (tertiary/aromatic N) is 2. The Balaban J connectivity index is 1.91. The number of fused-ring (bicyclic) bond motifs is 1. The number of ether oxygens (including phenoxy) is 2. The van der Waals surface area contributed by atoms with Gasteiger partial charge < -0.3 is 9.47 Å². The van der Waals surface area contributed by atoms with Gasteiger partial charge in [-0.05, 0) is 38.0 Å². The van der Waals surface area contributed by atoms with Gasteiger partial charge in [0.25, 0.3) is 0 Å². The second-order valence-corrected chi connectivity index (χ2v) is 8.19. The second-order valence-electron chi connectivity index (χ2n) is 6.88. The fourth-order valence-corrected chi connectivity index (χ4v) is 4.41. The van der Waals surface area contributed by atoms with Gasteiger partial charge >= 0.3 is 5.97 Å². The molecule has 0 bridgehead atoms. The molecule has 3 rings (SSSR count). The number of hydrogen-bond donors (Lipinski definition) is 0. The molecule has 2 atom stereocenters. The molecule has 0 aliphatic carbocycles. The average molecular weight is 403 g/mol. The van der Waals surface area contributed by atoms with Crippen molar-refractivity contribution in [1.29, 1.82) is 0 Å². The fourth-order valence-electron chi connectivity index (χ4n) is 3.38. The van der Waals surface area contributed by atoms with Gasteiger partial charge in [0, 0.05) is 0 Å². The maximum Gasteiger partial charge on any atom is 0.338 e. The minimum absolute atomic E-state index is 0.0532. The van der Waals surface area contributed by atoms with E-state index in [0.717, 1.165) is 30.6 Å². The minimum atomic E-state index is -0.543. The smallest absolute Gasteiger partial charge is 0.338 e. The molecule has 7 heteroatoms. The highest BCUT2D eigenvalue weighted by Crippen LogP contribution is 2.43. The maximum absolute atomic E-state index is 12.8. The zero-order valence-corrected chi connectivity index (χ0v) is 17.5. The van der Waals surface area contributed by atoms with Crippen LogP contribution in [0.5, 0.6) is 5.75 Å². The lowest BCUT2D eigenvalue weighted by Gasteiger charge is -2.32. The molecule has 2 aliphatic heterocycles. The van der Waals surface area contributed by atoms with Crippen LogP contribution in [0.3, 0.4) is 0 Å². The van der Waals surface area contributed by atoms with Crippen molar-refractivity contribution in [3.8, 4) is 5.75 Å². The Kier molecular flexibility index (Phi) is 6.44. The summed E-state index contributed by atoms with van der Waals surface area (Å²) in [6.45, 7) is 6.47. The molecule has 0 radical (unpaired) electrons. The van der Waals surface area contributed by atoms with Crippen molar-refractivity contribution in [2.45, 2.75) is 51.3 Å². The van der Waals surface area contributed by atoms with Crippen LogP contribution in [0.4, 0.5) is 0 Å². The molecular weight excluding hydrogens is 376 g/mol. The average Bonchev–Trinajstić information content (AvgIpc) is 2.97. The lowest BCUT2D eigenvalue weighted by Crippen LogP contribution is -2.40. The first kappa shape index (κ1) is 20.5. The first-order valence-corrected chi connectivity index (χ1v) is 10.5. The highest BCUT2D eigenvalue weighted by molar-refractivity contribution is 8.15. The summed E-state index contributed by atoms with van der Waals surface area (Å²) >= 11 is 1.42. The number of amidine groups is 1.